The van der Waals surface area contributed by atoms with E-state index in [4.69, 9.17) is 0 Å². The van der Waals surface area contributed by atoms with Gasteiger partial charge in [-0.15, -0.1) is 0 Å². The van der Waals surface area contributed by atoms with Gasteiger partial charge in [-0.05, 0) is 11.6 Å². The topological polar surface area (TPSA) is 12.4 Å². The average Bonchev–Trinajstić information content (AvgIpc) is 2.33. The number of halogens is 1. The third-order valence-corrected chi connectivity index (χ3v) is 2.26. The predicted molar refractivity (Wildman–Crippen MR) is 64.1 cm³/mol. The molecule has 0 aliphatic heterocycles. The van der Waals surface area contributed by atoms with Gasteiger partial charge in [0.1, 0.15) is 5.82 Å². The summed E-state index contributed by atoms with van der Waals surface area (Å²) in [5.74, 6) is -0.201. The molecule has 0 aliphatic rings. The fourth-order valence-electron chi connectivity index (χ4n) is 1.42. The minimum atomic E-state index is -0.201. The van der Waals surface area contributed by atoms with Crippen LogP contribution in [0, 0.1) is 5.82 Å². The lowest BCUT2D eigenvalue weighted by Gasteiger charge is -1.97. The van der Waals surface area contributed by atoms with Crippen LogP contribution in [0.2, 0.25) is 0 Å². The first-order valence-electron chi connectivity index (χ1n) is 5.14. The van der Waals surface area contributed by atoms with Crippen molar-refractivity contribution >= 4 is 6.21 Å². The molecular weight excluding hydrogens is 201 g/mol. The Morgan fingerprint density at radius 3 is 2.38 bits per heavy atom. The summed E-state index contributed by atoms with van der Waals surface area (Å²) in [4.78, 5) is 4.21. The van der Waals surface area contributed by atoms with Crippen LogP contribution < -0.4 is 0 Å². The molecule has 16 heavy (non-hydrogen) atoms. The standard InChI is InChI=1S/C14H12FN/c15-14-9-5-4-8-13(14)11-16-10-12-6-2-1-3-7-12/h1-10H,11H2. The molecule has 2 rings (SSSR count). The van der Waals surface area contributed by atoms with Crippen molar-refractivity contribution in [1.29, 1.82) is 0 Å². The van der Waals surface area contributed by atoms with Gasteiger partial charge in [-0.3, -0.25) is 4.99 Å². The summed E-state index contributed by atoms with van der Waals surface area (Å²) in [6.07, 6.45) is 1.76. The molecule has 2 aromatic rings. The summed E-state index contributed by atoms with van der Waals surface area (Å²) in [6.45, 7) is 0.377. The van der Waals surface area contributed by atoms with Gasteiger partial charge in [0.25, 0.3) is 0 Å². The second-order valence-corrected chi connectivity index (χ2v) is 3.47. The lowest BCUT2D eigenvalue weighted by Crippen LogP contribution is -1.88. The predicted octanol–water partition coefficient (Wildman–Crippen LogP) is 3.44. The highest BCUT2D eigenvalue weighted by Gasteiger charge is 1.97. The maximum atomic E-state index is 13.2. The van der Waals surface area contributed by atoms with Crippen LogP contribution in [0.15, 0.2) is 59.6 Å². The van der Waals surface area contributed by atoms with E-state index in [9.17, 15) is 4.39 Å². The number of rotatable bonds is 3. The number of hydrogen-bond acceptors (Lipinski definition) is 1. The van der Waals surface area contributed by atoms with Gasteiger partial charge in [0.2, 0.25) is 0 Å². The van der Waals surface area contributed by atoms with Crippen LogP contribution in [0.5, 0.6) is 0 Å². The number of benzene rings is 2. The first-order valence-corrected chi connectivity index (χ1v) is 5.14. The van der Waals surface area contributed by atoms with Gasteiger partial charge >= 0.3 is 0 Å². The SMILES string of the molecule is Fc1ccccc1CN=Cc1ccccc1. The molecule has 0 atom stereocenters. The Kier molecular flexibility index (Phi) is 3.44. The van der Waals surface area contributed by atoms with Gasteiger partial charge < -0.3 is 0 Å². The highest BCUT2D eigenvalue weighted by Crippen LogP contribution is 2.07. The smallest absolute Gasteiger partial charge is 0.128 e. The Bertz CT molecular complexity index is 477. The van der Waals surface area contributed by atoms with Crippen molar-refractivity contribution in [1.82, 2.24) is 0 Å². The van der Waals surface area contributed by atoms with E-state index in [0.29, 0.717) is 12.1 Å². The summed E-state index contributed by atoms with van der Waals surface area (Å²) in [6, 6.07) is 16.5. The molecule has 0 aromatic heterocycles. The summed E-state index contributed by atoms with van der Waals surface area (Å²) in [5, 5.41) is 0. The van der Waals surface area contributed by atoms with Crippen molar-refractivity contribution < 1.29 is 4.39 Å². The van der Waals surface area contributed by atoms with Gasteiger partial charge in [0, 0.05) is 11.8 Å². The highest BCUT2D eigenvalue weighted by molar-refractivity contribution is 5.79. The fraction of sp³-hybridized carbons (Fsp3) is 0.0714. The van der Waals surface area contributed by atoms with Gasteiger partial charge in [-0.2, -0.15) is 0 Å². The van der Waals surface area contributed by atoms with Crippen LogP contribution in [-0.4, -0.2) is 6.21 Å². The van der Waals surface area contributed by atoms with Gasteiger partial charge in [-0.1, -0.05) is 48.5 Å². The monoisotopic (exact) mass is 213 g/mol. The first-order chi connectivity index (χ1) is 7.86. The van der Waals surface area contributed by atoms with Crippen LogP contribution in [0.1, 0.15) is 11.1 Å². The third kappa shape index (κ3) is 2.76. The zero-order chi connectivity index (χ0) is 11.2. The molecule has 0 fully saturated rings. The Balaban J connectivity index is 2.03. The molecule has 80 valence electrons. The van der Waals surface area contributed by atoms with Gasteiger partial charge in [0.05, 0.1) is 6.54 Å². The normalized spacial score (nSPS) is 10.8. The molecule has 0 N–H and O–H groups in total. The largest absolute Gasteiger partial charge is 0.288 e. The molecule has 0 aliphatic carbocycles. The zero-order valence-electron chi connectivity index (χ0n) is 8.81. The molecule has 0 unspecified atom stereocenters. The summed E-state index contributed by atoms with van der Waals surface area (Å²) in [5.41, 5.74) is 1.65. The molecule has 0 heterocycles. The number of nitrogens with zero attached hydrogens (tertiary/aromatic N) is 1. The molecule has 0 saturated heterocycles. The first kappa shape index (κ1) is 10.6. The van der Waals surface area contributed by atoms with Crippen LogP contribution in [0.4, 0.5) is 4.39 Å². The molecule has 2 aromatic carbocycles. The number of hydrogen-bond donors (Lipinski definition) is 0. The summed E-state index contributed by atoms with van der Waals surface area (Å²) in [7, 11) is 0. The lowest BCUT2D eigenvalue weighted by molar-refractivity contribution is 0.611. The Labute approximate surface area is 94.3 Å². The number of aliphatic imine (C=N–C) groups is 1. The molecule has 2 heteroatoms. The van der Waals surface area contributed by atoms with E-state index in [-0.39, 0.29) is 5.82 Å². The lowest BCUT2D eigenvalue weighted by atomic mass is 10.2. The maximum absolute atomic E-state index is 13.2. The van der Waals surface area contributed by atoms with Crippen molar-refractivity contribution in [3.63, 3.8) is 0 Å². The van der Waals surface area contributed by atoms with Crippen molar-refractivity contribution in [2.45, 2.75) is 6.54 Å². The molecule has 0 saturated carbocycles. The minimum absolute atomic E-state index is 0.201. The van der Waals surface area contributed by atoms with E-state index in [1.807, 2.05) is 36.4 Å². The van der Waals surface area contributed by atoms with Crippen LogP contribution >= 0.6 is 0 Å². The molecule has 1 nitrogen and oxygen atoms in total. The van der Waals surface area contributed by atoms with Gasteiger partial charge in [-0.25, -0.2) is 4.39 Å². The molecule has 0 spiro atoms. The summed E-state index contributed by atoms with van der Waals surface area (Å²) < 4.78 is 13.2. The third-order valence-electron chi connectivity index (χ3n) is 2.26. The molecule has 0 amide bonds. The van der Waals surface area contributed by atoms with E-state index in [1.54, 1.807) is 18.3 Å². The van der Waals surface area contributed by atoms with Crippen molar-refractivity contribution in [2.24, 2.45) is 4.99 Å². The van der Waals surface area contributed by atoms with Crippen molar-refractivity contribution in [3.8, 4) is 0 Å². The quantitative estimate of drug-likeness (QED) is 0.692. The minimum Gasteiger partial charge on any atom is -0.288 e. The zero-order valence-corrected chi connectivity index (χ0v) is 8.81. The van der Waals surface area contributed by atoms with Gasteiger partial charge in [0.15, 0.2) is 0 Å². The van der Waals surface area contributed by atoms with E-state index < -0.39 is 0 Å². The van der Waals surface area contributed by atoms with E-state index in [2.05, 4.69) is 4.99 Å². The van der Waals surface area contributed by atoms with Crippen LogP contribution in [0.25, 0.3) is 0 Å². The second kappa shape index (κ2) is 5.21. The fourth-order valence-corrected chi connectivity index (χ4v) is 1.42. The van der Waals surface area contributed by atoms with E-state index >= 15 is 0 Å². The Hall–Kier alpha value is -1.96. The molecular formula is C14H12FN. The van der Waals surface area contributed by atoms with Crippen LogP contribution in [-0.2, 0) is 6.54 Å². The average molecular weight is 213 g/mol. The maximum Gasteiger partial charge on any atom is 0.128 e. The van der Waals surface area contributed by atoms with Crippen molar-refractivity contribution in [3.05, 3.63) is 71.5 Å². The molecule has 0 radical (unpaired) electrons. The van der Waals surface area contributed by atoms with Crippen molar-refractivity contribution in [2.75, 3.05) is 0 Å². The Morgan fingerprint density at radius 1 is 0.938 bits per heavy atom. The van der Waals surface area contributed by atoms with E-state index in [0.717, 1.165) is 5.56 Å². The molecule has 0 bridgehead atoms. The second-order valence-electron chi connectivity index (χ2n) is 3.47. The Morgan fingerprint density at radius 2 is 1.62 bits per heavy atom. The van der Waals surface area contributed by atoms with Crippen LogP contribution in [0.3, 0.4) is 0 Å². The van der Waals surface area contributed by atoms with E-state index in [1.165, 1.54) is 6.07 Å². The summed E-state index contributed by atoms with van der Waals surface area (Å²) >= 11 is 0. The highest BCUT2D eigenvalue weighted by atomic mass is 19.1.